The Balaban J connectivity index is 1.99. The number of hydrogen-bond donors (Lipinski definition) is 0. The van der Waals surface area contributed by atoms with Crippen molar-refractivity contribution in [1.82, 2.24) is 9.55 Å². The van der Waals surface area contributed by atoms with Crippen LogP contribution in [0.1, 0.15) is 29.6 Å². The molecule has 1 atom stereocenters. The molecule has 0 saturated heterocycles. The monoisotopic (exact) mass is 346 g/mol. The number of hydrogen-bond acceptors (Lipinski definition) is 2. The Hall–Kier alpha value is -1.84. The van der Waals surface area contributed by atoms with E-state index in [1.807, 2.05) is 6.08 Å². The van der Waals surface area contributed by atoms with Gasteiger partial charge in [0.15, 0.2) is 0 Å². The largest absolute Gasteiger partial charge is 0.303 e. The van der Waals surface area contributed by atoms with Crippen LogP contribution in [0.3, 0.4) is 0 Å². The molecule has 0 bridgehead atoms. The first-order chi connectivity index (χ1) is 11.1. The van der Waals surface area contributed by atoms with E-state index in [0.717, 1.165) is 19.3 Å². The molecule has 1 unspecified atom stereocenters. The van der Waals surface area contributed by atoms with Crippen LogP contribution < -0.4 is 0 Å². The van der Waals surface area contributed by atoms with E-state index in [-0.39, 0.29) is 5.78 Å². The molecule has 3 nitrogen and oxygen atoms in total. The summed E-state index contributed by atoms with van der Waals surface area (Å²) in [6.07, 6.45) is 14.4. The predicted octanol–water partition coefficient (Wildman–Crippen LogP) is 5.27. The van der Waals surface area contributed by atoms with Crippen LogP contribution in [-0.2, 0) is 0 Å². The second kappa shape index (κ2) is 7.16. The molecular weight excluding hydrogens is 331 g/mol. The van der Waals surface area contributed by atoms with Crippen LogP contribution in [-0.4, -0.2) is 15.3 Å². The molecule has 1 aromatic heterocycles. The van der Waals surface area contributed by atoms with Crippen molar-refractivity contribution < 1.29 is 4.79 Å². The number of carbonyl (C=O) groups excluding carboxylic acids is 1. The number of halogens is 2. The molecule has 0 radical (unpaired) electrons. The summed E-state index contributed by atoms with van der Waals surface area (Å²) in [6, 6.07) is 4.93. The average Bonchev–Trinajstić information content (AvgIpc) is 3.07. The number of Topliss-reactive ketones (excluding diaryl/α,β-unsaturated/α-hetero) is 1. The summed E-state index contributed by atoms with van der Waals surface area (Å²) >= 11 is 12.1. The topological polar surface area (TPSA) is 34.9 Å². The molecule has 0 spiro atoms. The van der Waals surface area contributed by atoms with Crippen LogP contribution >= 0.6 is 23.2 Å². The van der Waals surface area contributed by atoms with Crippen molar-refractivity contribution in [1.29, 1.82) is 0 Å². The van der Waals surface area contributed by atoms with Gasteiger partial charge in [-0.15, -0.1) is 0 Å². The van der Waals surface area contributed by atoms with Crippen LogP contribution in [0.15, 0.2) is 55.1 Å². The average molecular weight is 347 g/mol. The lowest BCUT2D eigenvalue weighted by Crippen LogP contribution is -2.11. The van der Waals surface area contributed by atoms with Gasteiger partial charge in [0.05, 0.1) is 17.0 Å². The van der Waals surface area contributed by atoms with E-state index in [1.165, 1.54) is 0 Å². The van der Waals surface area contributed by atoms with Gasteiger partial charge in [-0.2, -0.15) is 0 Å². The molecule has 3 rings (SSSR count). The van der Waals surface area contributed by atoms with Crippen LogP contribution in [0.4, 0.5) is 0 Å². The fraction of sp³-hybridized carbons (Fsp3) is 0.222. The number of allylic oxidation sites excluding steroid dienone is 4. The van der Waals surface area contributed by atoms with Gasteiger partial charge < -0.3 is 4.57 Å². The molecule has 0 fully saturated rings. The minimum absolute atomic E-state index is 0.126. The molecule has 5 heteroatoms. The predicted molar refractivity (Wildman–Crippen MR) is 93.8 cm³/mol. The van der Waals surface area contributed by atoms with Crippen LogP contribution in [0, 0.1) is 5.92 Å². The lowest BCUT2D eigenvalue weighted by Gasteiger charge is -2.16. The maximum absolute atomic E-state index is 13.0. The van der Waals surface area contributed by atoms with Gasteiger partial charge in [-0.1, -0.05) is 41.4 Å². The fourth-order valence-electron chi connectivity index (χ4n) is 2.68. The molecule has 0 N–H and O–H groups in total. The van der Waals surface area contributed by atoms with Gasteiger partial charge >= 0.3 is 0 Å². The summed E-state index contributed by atoms with van der Waals surface area (Å²) in [5.74, 6) is 0.214. The zero-order valence-electron chi connectivity index (χ0n) is 12.5. The summed E-state index contributed by atoms with van der Waals surface area (Å²) in [6.45, 7) is 0. The highest BCUT2D eigenvalue weighted by molar-refractivity contribution is 6.39. The van der Waals surface area contributed by atoms with Gasteiger partial charge in [-0.25, -0.2) is 4.98 Å². The Morgan fingerprint density at radius 1 is 1.30 bits per heavy atom. The molecule has 1 aliphatic rings. The minimum Gasteiger partial charge on any atom is -0.303 e. The van der Waals surface area contributed by atoms with Crippen molar-refractivity contribution in [3.63, 3.8) is 0 Å². The molecule has 0 saturated carbocycles. The van der Waals surface area contributed by atoms with Gasteiger partial charge in [0.1, 0.15) is 0 Å². The third kappa shape index (κ3) is 3.74. The Morgan fingerprint density at radius 3 is 2.83 bits per heavy atom. The number of benzene rings is 1. The summed E-state index contributed by atoms with van der Waals surface area (Å²) in [7, 11) is 0. The molecule has 1 aliphatic carbocycles. The van der Waals surface area contributed by atoms with Crippen molar-refractivity contribution in [2.75, 3.05) is 0 Å². The van der Waals surface area contributed by atoms with E-state index < -0.39 is 0 Å². The lowest BCUT2D eigenvalue weighted by molar-refractivity contribution is 0.105. The van der Waals surface area contributed by atoms with E-state index in [4.69, 9.17) is 23.2 Å². The molecule has 118 valence electrons. The zero-order valence-corrected chi connectivity index (χ0v) is 14.0. The molecule has 1 heterocycles. The lowest BCUT2D eigenvalue weighted by atomic mass is 9.92. The van der Waals surface area contributed by atoms with Gasteiger partial charge in [-0.3, -0.25) is 4.79 Å². The first kappa shape index (κ1) is 16.0. The van der Waals surface area contributed by atoms with E-state index in [1.54, 1.807) is 41.5 Å². The minimum atomic E-state index is -0.126. The summed E-state index contributed by atoms with van der Waals surface area (Å²) in [4.78, 5) is 17.0. The molecular formula is C18H16Cl2N2O. The van der Waals surface area contributed by atoms with Crippen LogP contribution in [0.5, 0.6) is 0 Å². The Morgan fingerprint density at radius 2 is 2.17 bits per heavy atom. The maximum atomic E-state index is 13.0. The highest BCUT2D eigenvalue weighted by atomic mass is 35.5. The normalized spacial score (nSPS) is 18.2. The van der Waals surface area contributed by atoms with Crippen LogP contribution in [0.2, 0.25) is 10.0 Å². The van der Waals surface area contributed by atoms with Crippen molar-refractivity contribution in [3.05, 3.63) is 70.8 Å². The first-order valence-corrected chi connectivity index (χ1v) is 8.25. The molecule has 2 aromatic rings. The standard InChI is InChI=1S/C18H16Cl2N2O/c19-14-6-7-15(16(20)11-14)18(23)17(22-9-8-21-12-22)10-13-4-2-1-3-5-13/h1-2,6-13H,3-5H2. The molecule has 23 heavy (non-hydrogen) atoms. The van der Waals surface area contributed by atoms with E-state index in [0.29, 0.717) is 27.2 Å². The summed E-state index contributed by atoms with van der Waals surface area (Å²) in [5.41, 5.74) is 1.02. The van der Waals surface area contributed by atoms with Crippen molar-refractivity contribution in [3.8, 4) is 0 Å². The van der Waals surface area contributed by atoms with Crippen molar-refractivity contribution >= 4 is 34.7 Å². The second-order valence-corrected chi connectivity index (χ2v) is 6.36. The zero-order chi connectivity index (χ0) is 16.2. The number of nitrogens with zero attached hydrogens (tertiary/aromatic N) is 2. The van der Waals surface area contributed by atoms with Gasteiger partial charge in [0.25, 0.3) is 0 Å². The third-order valence-corrected chi connectivity index (χ3v) is 4.44. The van der Waals surface area contributed by atoms with E-state index >= 15 is 0 Å². The maximum Gasteiger partial charge on any atom is 0.210 e. The van der Waals surface area contributed by atoms with Gasteiger partial charge in [-0.05, 0) is 43.4 Å². The highest BCUT2D eigenvalue weighted by Gasteiger charge is 2.19. The Labute approximate surface area is 145 Å². The van der Waals surface area contributed by atoms with Crippen molar-refractivity contribution in [2.45, 2.75) is 19.3 Å². The number of carbonyl (C=O) groups is 1. The van der Waals surface area contributed by atoms with Gasteiger partial charge in [0, 0.05) is 23.0 Å². The highest BCUT2D eigenvalue weighted by Crippen LogP contribution is 2.27. The number of rotatable bonds is 4. The third-order valence-electron chi connectivity index (χ3n) is 3.89. The Kier molecular flexibility index (Phi) is 4.99. The van der Waals surface area contributed by atoms with E-state index in [2.05, 4.69) is 17.1 Å². The number of ketones is 1. The molecule has 1 aromatic carbocycles. The van der Waals surface area contributed by atoms with Crippen molar-refractivity contribution in [2.24, 2.45) is 5.92 Å². The van der Waals surface area contributed by atoms with Gasteiger partial charge in [0.2, 0.25) is 5.78 Å². The smallest absolute Gasteiger partial charge is 0.210 e. The first-order valence-electron chi connectivity index (χ1n) is 7.50. The fourth-order valence-corrected chi connectivity index (χ4v) is 3.18. The molecule has 0 aliphatic heterocycles. The quantitative estimate of drug-likeness (QED) is 0.429. The SMILES string of the molecule is O=C(C(=CC1CC=CCC1)n1ccnc1)c1ccc(Cl)cc1Cl. The number of aromatic nitrogens is 2. The molecule has 0 amide bonds. The Bertz CT molecular complexity index is 763. The van der Waals surface area contributed by atoms with E-state index in [9.17, 15) is 4.79 Å². The number of imidazole rings is 1. The summed E-state index contributed by atoms with van der Waals surface area (Å²) in [5, 5.41) is 0.870. The second-order valence-electron chi connectivity index (χ2n) is 5.52. The van der Waals surface area contributed by atoms with Crippen LogP contribution in [0.25, 0.3) is 5.70 Å². The summed E-state index contributed by atoms with van der Waals surface area (Å²) < 4.78 is 1.74.